The summed E-state index contributed by atoms with van der Waals surface area (Å²) in [5, 5.41) is 3.10. The molecule has 6 nitrogen and oxygen atoms in total. The molecule has 0 saturated heterocycles. The topological polar surface area (TPSA) is 84.1 Å². The molecule has 26 heavy (non-hydrogen) atoms. The van der Waals surface area contributed by atoms with E-state index in [1.807, 2.05) is 24.3 Å². The van der Waals surface area contributed by atoms with Crippen LogP contribution in [0.3, 0.4) is 0 Å². The molecule has 1 amide bonds. The predicted molar refractivity (Wildman–Crippen MR) is 106 cm³/mol. The van der Waals surface area contributed by atoms with Gasteiger partial charge in [-0.2, -0.15) is 0 Å². The molecule has 8 heteroatoms. The van der Waals surface area contributed by atoms with Crippen molar-refractivity contribution < 1.29 is 9.53 Å². The maximum atomic E-state index is 12.4. The highest BCUT2D eigenvalue weighted by Gasteiger charge is 2.18. The van der Waals surface area contributed by atoms with Crippen LogP contribution in [0.2, 0.25) is 0 Å². The molecular formula is C18H19N3O3S2. The number of thiophene rings is 1. The Bertz CT molecular complexity index is 993. The number of ether oxygens (including phenoxy) is 1. The first-order valence-electron chi connectivity index (χ1n) is 8.04. The van der Waals surface area contributed by atoms with Gasteiger partial charge in [0, 0.05) is 24.1 Å². The number of rotatable bonds is 6. The Morgan fingerprint density at radius 3 is 2.73 bits per heavy atom. The standard InChI is InChI=1S/C18H19N3O3S2/c1-10-14-16(22)20-13(21-18(14)26-15(10)17(23)19-2)8-9-25-12-6-4-11(24-3)5-7-12/h4-7H,8-9H2,1-3H3,(H,19,23)(H,20,21,22). The van der Waals surface area contributed by atoms with Gasteiger partial charge in [0.1, 0.15) is 16.4 Å². The van der Waals surface area contributed by atoms with E-state index in [1.54, 1.807) is 32.8 Å². The summed E-state index contributed by atoms with van der Waals surface area (Å²) in [5.41, 5.74) is 0.487. The minimum absolute atomic E-state index is 0.191. The molecule has 0 spiro atoms. The minimum Gasteiger partial charge on any atom is -0.497 e. The second kappa shape index (κ2) is 7.92. The van der Waals surface area contributed by atoms with Crippen molar-refractivity contribution >= 4 is 39.2 Å². The number of carbonyl (C=O) groups is 1. The van der Waals surface area contributed by atoms with Gasteiger partial charge < -0.3 is 15.0 Å². The van der Waals surface area contributed by atoms with Crippen LogP contribution in [0.1, 0.15) is 21.1 Å². The molecule has 2 heterocycles. The lowest BCUT2D eigenvalue weighted by Crippen LogP contribution is -2.17. The van der Waals surface area contributed by atoms with Crippen molar-refractivity contribution in [3.63, 3.8) is 0 Å². The van der Waals surface area contributed by atoms with E-state index in [1.165, 1.54) is 11.3 Å². The molecular weight excluding hydrogens is 370 g/mol. The first-order valence-corrected chi connectivity index (χ1v) is 9.85. The summed E-state index contributed by atoms with van der Waals surface area (Å²) in [7, 11) is 3.22. The van der Waals surface area contributed by atoms with Crippen LogP contribution in [0.15, 0.2) is 34.0 Å². The summed E-state index contributed by atoms with van der Waals surface area (Å²) >= 11 is 2.94. The molecule has 0 aliphatic heterocycles. The number of nitrogens with zero attached hydrogens (tertiary/aromatic N) is 1. The van der Waals surface area contributed by atoms with Gasteiger partial charge in [0.05, 0.1) is 17.4 Å². The average Bonchev–Trinajstić information content (AvgIpc) is 2.98. The van der Waals surface area contributed by atoms with Gasteiger partial charge in [0.2, 0.25) is 0 Å². The van der Waals surface area contributed by atoms with Gasteiger partial charge >= 0.3 is 0 Å². The Morgan fingerprint density at radius 1 is 1.35 bits per heavy atom. The van der Waals surface area contributed by atoms with Crippen LogP contribution in [-0.4, -0.2) is 35.8 Å². The molecule has 3 rings (SSSR count). The summed E-state index contributed by atoms with van der Waals surface area (Å²) in [6.45, 7) is 1.78. The number of aromatic amines is 1. The van der Waals surface area contributed by atoms with Crippen molar-refractivity contribution in [2.24, 2.45) is 0 Å². The largest absolute Gasteiger partial charge is 0.497 e. The molecule has 3 aromatic rings. The Kier molecular flexibility index (Phi) is 5.63. The molecule has 136 valence electrons. The number of aryl methyl sites for hydroxylation is 2. The quantitative estimate of drug-likeness (QED) is 0.633. The number of hydrogen-bond acceptors (Lipinski definition) is 6. The van der Waals surface area contributed by atoms with Crippen molar-refractivity contribution in [3.8, 4) is 5.75 Å². The van der Waals surface area contributed by atoms with Crippen LogP contribution in [0.4, 0.5) is 0 Å². The lowest BCUT2D eigenvalue weighted by atomic mass is 10.2. The van der Waals surface area contributed by atoms with Crippen molar-refractivity contribution in [2.45, 2.75) is 18.2 Å². The highest BCUT2D eigenvalue weighted by molar-refractivity contribution is 7.99. The van der Waals surface area contributed by atoms with E-state index in [0.717, 1.165) is 16.4 Å². The van der Waals surface area contributed by atoms with Gasteiger partial charge in [0.25, 0.3) is 11.5 Å². The Morgan fingerprint density at radius 2 is 2.08 bits per heavy atom. The fourth-order valence-electron chi connectivity index (χ4n) is 2.57. The van der Waals surface area contributed by atoms with E-state index < -0.39 is 0 Å². The Balaban J connectivity index is 1.76. The second-order valence-corrected chi connectivity index (χ2v) is 7.77. The zero-order chi connectivity index (χ0) is 18.7. The number of carbonyl (C=O) groups excluding carboxylic acids is 1. The number of methoxy groups -OCH3 is 1. The monoisotopic (exact) mass is 389 g/mol. The van der Waals surface area contributed by atoms with Crippen molar-refractivity contribution in [2.75, 3.05) is 19.9 Å². The molecule has 2 aromatic heterocycles. The Hall–Kier alpha value is -2.32. The number of fused-ring (bicyclic) bond motifs is 1. The lowest BCUT2D eigenvalue weighted by molar-refractivity contribution is 0.0966. The van der Waals surface area contributed by atoms with Gasteiger partial charge in [-0.25, -0.2) is 4.98 Å². The smallest absolute Gasteiger partial charge is 0.261 e. The van der Waals surface area contributed by atoms with Crippen LogP contribution < -0.4 is 15.6 Å². The number of hydrogen-bond donors (Lipinski definition) is 2. The van der Waals surface area contributed by atoms with Crippen molar-refractivity contribution in [1.82, 2.24) is 15.3 Å². The van der Waals surface area contributed by atoms with E-state index in [2.05, 4.69) is 15.3 Å². The summed E-state index contributed by atoms with van der Waals surface area (Å²) in [6.07, 6.45) is 0.633. The minimum atomic E-state index is -0.193. The predicted octanol–water partition coefficient (Wildman–Crippen LogP) is 3.00. The van der Waals surface area contributed by atoms with E-state index in [0.29, 0.717) is 32.9 Å². The maximum Gasteiger partial charge on any atom is 0.261 e. The first kappa shape index (κ1) is 18.5. The highest BCUT2D eigenvalue weighted by Crippen LogP contribution is 2.27. The summed E-state index contributed by atoms with van der Waals surface area (Å²) < 4.78 is 5.15. The fourth-order valence-corrected chi connectivity index (χ4v) is 4.58. The number of aromatic nitrogens is 2. The molecule has 0 aliphatic rings. The van der Waals surface area contributed by atoms with E-state index in [-0.39, 0.29) is 11.5 Å². The number of amides is 1. The molecule has 0 radical (unpaired) electrons. The molecule has 0 fully saturated rings. The van der Waals surface area contributed by atoms with Gasteiger partial charge in [-0.05, 0) is 36.8 Å². The number of H-pyrrole nitrogens is 1. The highest BCUT2D eigenvalue weighted by atomic mass is 32.2. The van der Waals surface area contributed by atoms with Crippen LogP contribution in [0, 0.1) is 6.92 Å². The van der Waals surface area contributed by atoms with Crippen LogP contribution in [-0.2, 0) is 6.42 Å². The SMILES string of the molecule is CNC(=O)c1sc2nc(CCSc3ccc(OC)cc3)[nH]c(=O)c2c1C. The van der Waals surface area contributed by atoms with Crippen LogP contribution >= 0.6 is 23.1 Å². The van der Waals surface area contributed by atoms with Crippen molar-refractivity contribution in [1.29, 1.82) is 0 Å². The van der Waals surface area contributed by atoms with Crippen molar-refractivity contribution in [3.05, 3.63) is 50.9 Å². The Labute approximate surface area is 159 Å². The van der Waals surface area contributed by atoms with Gasteiger partial charge in [-0.3, -0.25) is 9.59 Å². The van der Waals surface area contributed by atoms with E-state index >= 15 is 0 Å². The third-order valence-corrected chi connectivity index (χ3v) is 6.15. The summed E-state index contributed by atoms with van der Waals surface area (Å²) in [4.78, 5) is 34.0. The second-order valence-electron chi connectivity index (χ2n) is 5.60. The molecule has 0 atom stereocenters. The molecule has 0 unspecified atom stereocenters. The third-order valence-electron chi connectivity index (χ3n) is 3.95. The molecule has 0 bridgehead atoms. The molecule has 2 N–H and O–H groups in total. The third kappa shape index (κ3) is 3.76. The summed E-state index contributed by atoms with van der Waals surface area (Å²) in [6, 6.07) is 7.84. The van der Waals surface area contributed by atoms with Crippen LogP contribution in [0.5, 0.6) is 5.75 Å². The van der Waals surface area contributed by atoms with E-state index in [4.69, 9.17) is 4.74 Å². The number of thioether (sulfide) groups is 1. The van der Waals surface area contributed by atoms with Crippen LogP contribution in [0.25, 0.3) is 10.2 Å². The number of benzene rings is 1. The average molecular weight is 390 g/mol. The maximum absolute atomic E-state index is 12.4. The summed E-state index contributed by atoms with van der Waals surface area (Å²) in [5.74, 6) is 2.05. The molecule has 0 saturated carbocycles. The zero-order valence-corrected chi connectivity index (χ0v) is 16.3. The van der Waals surface area contributed by atoms with E-state index in [9.17, 15) is 9.59 Å². The fraction of sp³-hybridized carbons (Fsp3) is 0.278. The first-order chi connectivity index (χ1) is 12.5. The normalized spacial score (nSPS) is 10.9. The molecule has 0 aliphatic carbocycles. The van der Waals surface area contributed by atoms with Gasteiger partial charge in [-0.15, -0.1) is 23.1 Å². The van der Waals surface area contributed by atoms with Gasteiger partial charge in [0.15, 0.2) is 0 Å². The zero-order valence-electron chi connectivity index (χ0n) is 14.7. The van der Waals surface area contributed by atoms with Gasteiger partial charge in [-0.1, -0.05) is 0 Å². The molecule has 1 aromatic carbocycles. The lowest BCUT2D eigenvalue weighted by Gasteiger charge is -2.04. The number of nitrogens with one attached hydrogen (secondary N) is 2.